The smallest absolute Gasteiger partial charge is 0.471 e. The van der Waals surface area contributed by atoms with Crippen LogP contribution in [0.25, 0.3) is 0 Å². The van der Waals surface area contributed by atoms with Crippen LogP contribution in [0.2, 0.25) is 0 Å². The molecule has 0 bridgehead atoms. The molecule has 1 amide bonds. The highest BCUT2D eigenvalue weighted by Crippen LogP contribution is 2.42. The van der Waals surface area contributed by atoms with Crippen LogP contribution in [0, 0.1) is 5.41 Å². The van der Waals surface area contributed by atoms with E-state index >= 15 is 0 Å². The molecule has 4 nitrogen and oxygen atoms in total. The number of nitrogens with zero attached hydrogens (tertiary/aromatic N) is 1. The third kappa shape index (κ3) is 3.46. The van der Waals surface area contributed by atoms with Crippen molar-refractivity contribution in [2.75, 3.05) is 0 Å². The molecule has 0 aromatic rings. The van der Waals surface area contributed by atoms with Gasteiger partial charge in [-0.2, -0.15) is 26.3 Å². The Labute approximate surface area is 122 Å². The molecule has 0 aromatic heterocycles. The normalized spacial score (nSPS) is 24.3. The zero-order valence-corrected chi connectivity index (χ0v) is 11.8. The van der Waals surface area contributed by atoms with Crippen molar-refractivity contribution < 1.29 is 41.0 Å². The second kappa shape index (κ2) is 5.62. The van der Waals surface area contributed by atoms with Gasteiger partial charge in [0.1, 0.15) is 6.04 Å². The van der Waals surface area contributed by atoms with Crippen molar-refractivity contribution in [1.82, 2.24) is 4.90 Å². The number of halogens is 6. The fourth-order valence-electron chi connectivity index (χ4n) is 2.60. The quantitative estimate of drug-likeness (QED) is 0.790. The SMILES string of the molecule is CC(C)(C(=O)O)[C@H]1CCC[C@@H](C(F)(F)F)N1C(=O)C(F)(F)F. The number of carboxylic acids is 1. The minimum atomic E-state index is -5.51. The summed E-state index contributed by atoms with van der Waals surface area (Å²) < 4.78 is 76.9. The second-order valence-corrected chi connectivity index (χ2v) is 5.74. The third-order valence-electron chi connectivity index (χ3n) is 3.87. The van der Waals surface area contributed by atoms with Gasteiger partial charge >= 0.3 is 24.2 Å². The average Bonchev–Trinajstić information content (AvgIpc) is 2.34. The Morgan fingerprint density at radius 2 is 1.45 bits per heavy atom. The van der Waals surface area contributed by atoms with Crippen molar-refractivity contribution in [2.45, 2.75) is 57.5 Å². The summed E-state index contributed by atoms with van der Waals surface area (Å²) >= 11 is 0. The van der Waals surface area contributed by atoms with Gasteiger partial charge in [0.25, 0.3) is 0 Å². The van der Waals surface area contributed by atoms with Gasteiger partial charge in [0, 0.05) is 6.04 Å². The summed E-state index contributed by atoms with van der Waals surface area (Å²) in [5.74, 6) is -4.23. The number of alkyl halides is 6. The Hall–Kier alpha value is -1.48. The highest BCUT2D eigenvalue weighted by atomic mass is 19.4. The minimum Gasteiger partial charge on any atom is -0.481 e. The van der Waals surface area contributed by atoms with Crippen molar-refractivity contribution in [2.24, 2.45) is 5.41 Å². The van der Waals surface area contributed by atoms with Gasteiger partial charge in [-0.1, -0.05) is 0 Å². The lowest BCUT2D eigenvalue weighted by Crippen LogP contribution is -2.63. The van der Waals surface area contributed by atoms with E-state index in [9.17, 15) is 35.9 Å². The number of carbonyl (C=O) groups is 2. The summed E-state index contributed by atoms with van der Waals surface area (Å²) in [5, 5.41) is 9.08. The van der Waals surface area contributed by atoms with E-state index < -0.39 is 48.1 Å². The Morgan fingerprint density at radius 3 is 1.82 bits per heavy atom. The van der Waals surface area contributed by atoms with Crippen molar-refractivity contribution in [1.29, 1.82) is 0 Å². The highest BCUT2D eigenvalue weighted by Gasteiger charge is 2.58. The highest BCUT2D eigenvalue weighted by molar-refractivity contribution is 5.84. The predicted octanol–water partition coefficient (Wildman–Crippen LogP) is 2.97. The second-order valence-electron chi connectivity index (χ2n) is 5.74. The molecule has 1 aliphatic rings. The van der Waals surface area contributed by atoms with Crippen molar-refractivity contribution in [3.05, 3.63) is 0 Å². The van der Waals surface area contributed by atoms with E-state index in [2.05, 4.69) is 0 Å². The fourth-order valence-corrected chi connectivity index (χ4v) is 2.60. The Morgan fingerprint density at radius 1 is 1.00 bits per heavy atom. The largest absolute Gasteiger partial charge is 0.481 e. The molecule has 1 aliphatic heterocycles. The van der Waals surface area contributed by atoms with E-state index in [-0.39, 0.29) is 17.7 Å². The van der Waals surface area contributed by atoms with E-state index in [0.29, 0.717) is 0 Å². The number of aliphatic carboxylic acids is 1. The molecule has 1 rings (SSSR count). The maximum Gasteiger partial charge on any atom is 0.471 e. The molecule has 1 N–H and O–H groups in total. The maximum atomic E-state index is 13.0. The van der Waals surface area contributed by atoms with Crippen LogP contribution in [0.3, 0.4) is 0 Å². The van der Waals surface area contributed by atoms with Crippen LogP contribution in [-0.2, 0) is 9.59 Å². The molecular weight excluding hydrogens is 320 g/mol. The van der Waals surface area contributed by atoms with Gasteiger partial charge in [0.15, 0.2) is 0 Å². The lowest BCUT2D eigenvalue weighted by molar-refractivity contribution is -0.231. The van der Waals surface area contributed by atoms with Crippen LogP contribution in [0.15, 0.2) is 0 Å². The van der Waals surface area contributed by atoms with Gasteiger partial charge in [0.05, 0.1) is 5.41 Å². The van der Waals surface area contributed by atoms with E-state index in [1.165, 1.54) is 0 Å². The van der Waals surface area contributed by atoms with E-state index in [0.717, 1.165) is 13.8 Å². The van der Waals surface area contributed by atoms with Gasteiger partial charge in [-0.3, -0.25) is 9.59 Å². The standard InChI is InChI=1S/C12H15F6NO3/c1-10(2,9(21)22)6-4-3-5-7(11(13,14)15)19(6)8(20)12(16,17)18/h6-7H,3-5H2,1-2H3,(H,21,22)/t6-,7+/m1/s1. The first-order chi connectivity index (χ1) is 9.70. The lowest BCUT2D eigenvalue weighted by Gasteiger charge is -2.47. The third-order valence-corrected chi connectivity index (χ3v) is 3.87. The number of hydrogen-bond donors (Lipinski definition) is 1. The Balaban J connectivity index is 3.36. The summed E-state index contributed by atoms with van der Waals surface area (Å²) in [6.45, 7) is 2.02. The monoisotopic (exact) mass is 335 g/mol. The molecule has 1 saturated heterocycles. The number of likely N-dealkylation sites (tertiary alicyclic amines) is 1. The minimum absolute atomic E-state index is 0.118. The van der Waals surface area contributed by atoms with Crippen LogP contribution < -0.4 is 0 Å². The van der Waals surface area contributed by atoms with Crippen molar-refractivity contribution in [3.63, 3.8) is 0 Å². The molecule has 0 radical (unpaired) electrons. The van der Waals surface area contributed by atoms with Crippen LogP contribution in [0.5, 0.6) is 0 Å². The van der Waals surface area contributed by atoms with E-state index in [1.54, 1.807) is 0 Å². The first-order valence-corrected chi connectivity index (χ1v) is 6.40. The number of amides is 1. The summed E-state index contributed by atoms with van der Waals surface area (Å²) in [6.07, 6.45) is -11.6. The molecule has 2 atom stereocenters. The summed E-state index contributed by atoms with van der Waals surface area (Å²) in [5.41, 5.74) is -1.94. The number of carbonyl (C=O) groups excluding carboxylic acids is 1. The first kappa shape index (κ1) is 18.6. The molecule has 0 saturated carbocycles. The van der Waals surface area contributed by atoms with Crippen LogP contribution in [-0.4, -0.2) is 46.3 Å². The van der Waals surface area contributed by atoms with Crippen molar-refractivity contribution >= 4 is 11.9 Å². The molecule has 0 aliphatic carbocycles. The molecule has 128 valence electrons. The van der Waals surface area contributed by atoms with Crippen LogP contribution in [0.1, 0.15) is 33.1 Å². The molecule has 10 heteroatoms. The van der Waals surface area contributed by atoms with Crippen LogP contribution in [0.4, 0.5) is 26.3 Å². The number of rotatable bonds is 2. The van der Waals surface area contributed by atoms with Crippen molar-refractivity contribution in [3.8, 4) is 0 Å². The van der Waals surface area contributed by atoms with E-state index in [4.69, 9.17) is 5.11 Å². The van der Waals surface area contributed by atoms with Crippen LogP contribution >= 0.6 is 0 Å². The Kier molecular flexibility index (Phi) is 4.74. The van der Waals surface area contributed by atoms with Gasteiger partial charge in [-0.15, -0.1) is 0 Å². The van der Waals surface area contributed by atoms with Gasteiger partial charge in [-0.25, -0.2) is 0 Å². The zero-order valence-electron chi connectivity index (χ0n) is 11.8. The number of hydrogen-bond acceptors (Lipinski definition) is 2. The predicted molar refractivity (Wildman–Crippen MR) is 61.8 cm³/mol. The molecule has 0 aromatic carbocycles. The number of carboxylic acid groups (broad SMARTS) is 1. The zero-order chi connectivity index (χ0) is 17.5. The fraction of sp³-hybridized carbons (Fsp3) is 0.833. The summed E-state index contributed by atoms with van der Waals surface area (Å²) in [4.78, 5) is 22.3. The average molecular weight is 335 g/mol. The molecule has 1 heterocycles. The molecular formula is C12H15F6NO3. The molecule has 22 heavy (non-hydrogen) atoms. The summed E-state index contributed by atoms with van der Waals surface area (Å²) in [6, 6.07) is -4.33. The van der Waals surface area contributed by atoms with Gasteiger partial charge in [0.2, 0.25) is 0 Å². The topological polar surface area (TPSA) is 57.6 Å². The Bertz CT molecular complexity index is 457. The van der Waals surface area contributed by atoms with E-state index in [1.807, 2.05) is 0 Å². The summed E-state index contributed by atoms with van der Waals surface area (Å²) in [7, 11) is 0. The molecule has 0 unspecified atom stereocenters. The number of piperidine rings is 1. The van der Waals surface area contributed by atoms with Gasteiger partial charge in [-0.05, 0) is 33.1 Å². The van der Waals surface area contributed by atoms with Gasteiger partial charge < -0.3 is 10.0 Å². The molecule has 0 spiro atoms. The first-order valence-electron chi connectivity index (χ1n) is 6.40. The lowest BCUT2D eigenvalue weighted by atomic mass is 9.77. The molecule has 1 fully saturated rings. The maximum absolute atomic E-state index is 13.0.